The van der Waals surface area contributed by atoms with Gasteiger partial charge in [-0.3, -0.25) is 4.79 Å². The summed E-state index contributed by atoms with van der Waals surface area (Å²) in [5, 5.41) is 2.51. The molecule has 1 aromatic rings. The van der Waals surface area contributed by atoms with Gasteiger partial charge in [0.25, 0.3) is 10.0 Å². The number of benzene rings is 1. The van der Waals surface area contributed by atoms with Crippen molar-refractivity contribution in [3.05, 3.63) is 29.8 Å². The van der Waals surface area contributed by atoms with E-state index >= 15 is 0 Å². The molecule has 1 fully saturated rings. The number of nitrogens with zero attached hydrogens (tertiary/aromatic N) is 2. The largest absolute Gasteiger partial charge is 0.355 e. The standard InChI is InChI=1S/C15H18FN3O3S/c1-11(20)17-10-15(16)6-8-19(9-7-15)14-12-4-2-3-5-13(12)23(21,22)18-14/h2-5H,6-10H2,1H3,(H,17,20). The lowest BCUT2D eigenvalue weighted by molar-refractivity contribution is -0.119. The Kier molecular flexibility index (Phi) is 3.87. The third-order valence-electron chi connectivity index (χ3n) is 4.23. The lowest BCUT2D eigenvalue weighted by Gasteiger charge is -2.37. The molecule has 0 bridgehead atoms. The molecule has 1 amide bonds. The fourth-order valence-corrected chi connectivity index (χ4v) is 4.12. The summed E-state index contributed by atoms with van der Waals surface area (Å²) in [5.74, 6) is 0.131. The molecular formula is C15H18FN3O3S. The molecule has 2 heterocycles. The Morgan fingerprint density at radius 2 is 2.00 bits per heavy atom. The van der Waals surface area contributed by atoms with Crippen molar-refractivity contribution in [3.63, 3.8) is 0 Å². The van der Waals surface area contributed by atoms with Gasteiger partial charge in [0.15, 0.2) is 5.84 Å². The first-order valence-corrected chi connectivity index (χ1v) is 8.87. The number of sulfonamides is 1. The minimum atomic E-state index is -3.66. The van der Waals surface area contributed by atoms with Crippen LogP contribution in [-0.4, -0.2) is 50.4 Å². The maximum absolute atomic E-state index is 14.6. The van der Waals surface area contributed by atoms with E-state index in [1.165, 1.54) is 13.0 Å². The molecule has 23 heavy (non-hydrogen) atoms. The highest BCUT2D eigenvalue weighted by Crippen LogP contribution is 2.31. The van der Waals surface area contributed by atoms with Crippen LogP contribution in [0, 0.1) is 0 Å². The van der Waals surface area contributed by atoms with Crippen molar-refractivity contribution in [1.82, 2.24) is 10.2 Å². The Labute approximate surface area is 134 Å². The number of amidine groups is 1. The summed E-state index contributed by atoms with van der Waals surface area (Å²) in [5.41, 5.74) is -0.888. The molecule has 0 radical (unpaired) electrons. The molecule has 2 aliphatic rings. The molecule has 6 nitrogen and oxygen atoms in total. The van der Waals surface area contributed by atoms with E-state index in [-0.39, 0.29) is 30.2 Å². The van der Waals surface area contributed by atoms with Gasteiger partial charge < -0.3 is 10.2 Å². The quantitative estimate of drug-likeness (QED) is 0.874. The average molecular weight is 339 g/mol. The van der Waals surface area contributed by atoms with E-state index in [4.69, 9.17) is 0 Å². The average Bonchev–Trinajstić information content (AvgIpc) is 2.79. The van der Waals surface area contributed by atoms with Crippen molar-refractivity contribution in [2.45, 2.75) is 30.3 Å². The summed E-state index contributed by atoms with van der Waals surface area (Å²) in [6, 6.07) is 6.66. The van der Waals surface area contributed by atoms with Crippen molar-refractivity contribution in [2.24, 2.45) is 4.40 Å². The van der Waals surface area contributed by atoms with Crippen LogP contribution in [0.4, 0.5) is 4.39 Å². The Balaban J connectivity index is 1.75. The predicted octanol–water partition coefficient (Wildman–Crippen LogP) is 1.08. The number of rotatable bonds is 2. The molecule has 0 aromatic heterocycles. The molecule has 1 N–H and O–H groups in total. The number of piperidine rings is 1. The van der Waals surface area contributed by atoms with Gasteiger partial charge in [-0.1, -0.05) is 12.1 Å². The van der Waals surface area contributed by atoms with Crippen molar-refractivity contribution in [1.29, 1.82) is 0 Å². The molecule has 0 unspecified atom stereocenters. The summed E-state index contributed by atoms with van der Waals surface area (Å²) in [4.78, 5) is 12.9. The number of halogens is 1. The number of carbonyl (C=O) groups excluding carboxylic acids is 1. The number of amides is 1. The third kappa shape index (κ3) is 3.08. The molecule has 0 aliphatic carbocycles. The zero-order valence-electron chi connectivity index (χ0n) is 12.8. The van der Waals surface area contributed by atoms with Crippen molar-refractivity contribution in [2.75, 3.05) is 19.6 Å². The number of hydrogen-bond donors (Lipinski definition) is 1. The van der Waals surface area contributed by atoms with Crippen molar-refractivity contribution in [3.8, 4) is 0 Å². The molecule has 1 aromatic carbocycles. The normalized spacial score (nSPS) is 21.5. The Morgan fingerprint density at radius 3 is 2.65 bits per heavy atom. The van der Waals surface area contributed by atoms with Crippen LogP contribution >= 0.6 is 0 Å². The van der Waals surface area contributed by atoms with Crippen LogP contribution in [0.25, 0.3) is 0 Å². The van der Waals surface area contributed by atoms with Crippen molar-refractivity contribution < 1.29 is 17.6 Å². The van der Waals surface area contributed by atoms with E-state index in [1.807, 2.05) is 0 Å². The van der Waals surface area contributed by atoms with E-state index in [1.54, 1.807) is 23.1 Å². The number of hydrogen-bond acceptors (Lipinski definition) is 4. The number of carbonyl (C=O) groups is 1. The molecule has 2 aliphatic heterocycles. The fourth-order valence-electron chi connectivity index (χ4n) is 2.90. The van der Waals surface area contributed by atoms with Gasteiger partial charge in [-0.2, -0.15) is 8.42 Å². The number of fused-ring (bicyclic) bond motifs is 1. The van der Waals surface area contributed by atoms with Gasteiger partial charge in [0.1, 0.15) is 10.6 Å². The fraction of sp³-hybridized carbons (Fsp3) is 0.467. The van der Waals surface area contributed by atoms with Crippen LogP contribution in [0.3, 0.4) is 0 Å². The van der Waals surface area contributed by atoms with E-state index in [0.717, 1.165) is 0 Å². The van der Waals surface area contributed by atoms with Gasteiger partial charge in [0.05, 0.1) is 6.54 Å². The topological polar surface area (TPSA) is 78.8 Å². The molecule has 8 heteroatoms. The third-order valence-corrected chi connectivity index (χ3v) is 5.55. The van der Waals surface area contributed by atoms with Gasteiger partial charge in [0, 0.05) is 38.4 Å². The van der Waals surface area contributed by atoms with E-state index < -0.39 is 15.7 Å². The second-order valence-corrected chi connectivity index (χ2v) is 7.51. The molecule has 1 saturated heterocycles. The van der Waals surface area contributed by atoms with Crippen LogP contribution in [-0.2, 0) is 14.8 Å². The predicted molar refractivity (Wildman–Crippen MR) is 83.5 cm³/mol. The summed E-state index contributed by atoms with van der Waals surface area (Å²) in [7, 11) is -3.66. The zero-order chi connectivity index (χ0) is 16.7. The van der Waals surface area contributed by atoms with Gasteiger partial charge in [0.2, 0.25) is 5.91 Å². The van der Waals surface area contributed by atoms with E-state index in [0.29, 0.717) is 24.5 Å². The Bertz CT molecular complexity index is 768. The molecule has 0 atom stereocenters. The highest BCUT2D eigenvalue weighted by Gasteiger charge is 2.38. The van der Waals surface area contributed by atoms with Crippen LogP contribution in [0.2, 0.25) is 0 Å². The Morgan fingerprint density at radius 1 is 1.35 bits per heavy atom. The van der Waals surface area contributed by atoms with Gasteiger partial charge >= 0.3 is 0 Å². The highest BCUT2D eigenvalue weighted by molar-refractivity contribution is 7.90. The lowest BCUT2D eigenvalue weighted by Crippen LogP contribution is -2.49. The first-order chi connectivity index (χ1) is 10.8. The first kappa shape index (κ1) is 15.9. The highest BCUT2D eigenvalue weighted by atomic mass is 32.2. The second kappa shape index (κ2) is 5.59. The minimum Gasteiger partial charge on any atom is -0.355 e. The maximum atomic E-state index is 14.6. The van der Waals surface area contributed by atoms with Crippen LogP contribution in [0.1, 0.15) is 25.3 Å². The van der Waals surface area contributed by atoms with Gasteiger partial charge in [-0.25, -0.2) is 4.39 Å². The number of nitrogens with one attached hydrogen (secondary N) is 1. The van der Waals surface area contributed by atoms with Crippen LogP contribution in [0.15, 0.2) is 33.6 Å². The summed E-state index contributed by atoms with van der Waals surface area (Å²) < 4.78 is 42.6. The monoisotopic (exact) mass is 339 g/mol. The smallest absolute Gasteiger partial charge is 0.285 e. The lowest BCUT2D eigenvalue weighted by atomic mass is 9.92. The van der Waals surface area contributed by atoms with E-state index in [9.17, 15) is 17.6 Å². The zero-order valence-corrected chi connectivity index (χ0v) is 13.6. The molecule has 124 valence electrons. The van der Waals surface area contributed by atoms with Crippen LogP contribution < -0.4 is 5.32 Å². The SMILES string of the molecule is CC(=O)NCC1(F)CCN(C2=NS(=O)(=O)c3ccccc32)CC1. The molecule has 0 spiro atoms. The molecule has 0 saturated carbocycles. The maximum Gasteiger partial charge on any atom is 0.285 e. The molecular weight excluding hydrogens is 321 g/mol. The summed E-state index contributed by atoms with van der Waals surface area (Å²) >= 11 is 0. The molecule has 3 rings (SSSR count). The summed E-state index contributed by atoms with van der Waals surface area (Å²) in [6.45, 7) is 2.06. The van der Waals surface area contributed by atoms with Gasteiger partial charge in [-0.15, -0.1) is 4.40 Å². The number of likely N-dealkylation sites (tertiary alicyclic amines) is 1. The first-order valence-electron chi connectivity index (χ1n) is 7.43. The van der Waals surface area contributed by atoms with E-state index in [2.05, 4.69) is 9.71 Å². The van der Waals surface area contributed by atoms with Gasteiger partial charge in [-0.05, 0) is 12.1 Å². The summed E-state index contributed by atoms with van der Waals surface area (Å²) in [6.07, 6.45) is 0.434. The van der Waals surface area contributed by atoms with Crippen molar-refractivity contribution >= 4 is 21.8 Å². The minimum absolute atomic E-state index is 0.0163. The number of alkyl halides is 1. The second-order valence-electron chi connectivity index (χ2n) is 5.93. The van der Waals surface area contributed by atoms with Crippen LogP contribution in [0.5, 0.6) is 0 Å². The Hall–Kier alpha value is -1.96.